The van der Waals surface area contributed by atoms with Crippen molar-refractivity contribution in [1.29, 1.82) is 0 Å². The van der Waals surface area contributed by atoms with Crippen LogP contribution >= 0.6 is 0 Å². The zero-order chi connectivity index (χ0) is 11.3. The number of hydrogen-bond acceptors (Lipinski definition) is 3. The quantitative estimate of drug-likeness (QED) is 0.673. The Labute approximate surface area is 88.6 Å². The first-order valence-corrected chi connectivity index (χ1v) is 4.83. The summed E-state index contributed by atoms with van der Waals surface area (Å²) in [5.74, 6) is -0.138. The fourth-order valence-electron chi connectivity index (χ4n) is 1.14. The minimum Gasteiger partial charge on any atom is -0.508 e. The van der Waals surface area contributed by atoms with Crippen LogP contribution in [0.1, 0.15) is 12.5 Å². The molecule has 0 aliphatic carbocycles. The molecule has 4 heteroatoms. The smallest absolute Gasteiger partial charge is 0.248 e. The van der Waals surface area contributed by atoms with Gasteiger partial charge in [-0.1, -0.05) is 12.1 Å². The van der Waals surface area contributed by atoms with E-state index in [2.05, 4.69) is 5.32 Å². The second-order valence-electron chi connectivity index (χ2n) is 3.38. The van der Waals surface area contributed by atoms with Crippen LogP contribution in [0, 0.1) is 0 Å². The minimum absolute atomic E-state index is 0.228. The summed E-state index contributed by atoms with van der Waals surface area (Å²) >= 11 is 0. The van der Waals surface area contributed by atoms with Gasteiger partial charge >= 0.3 is 0 Å². The molecule has 0 heterocycles. The number of aromatic hydroxyl groups is 1. The lowest BCUT2D eigenvalue weighted by molar-refractivity contribution is -0.128. The first kappa shape index (κ1) is 11.5. The molecule has 0 spiro atoms. The molecule has 1 rings (SSSR count). The van der Waals surface area contributed by atoms with Crippen molar-refractivity contribution in [3.8, 4) is 5.75 Å². The molecular weight excluding hydrogens is 194 g/mol. The lowest BCUT2D eigenvalue weighted by Gasteiger charge is -2.06. The maximum Gasteiger partial charge on any atom is 0.248 e. The Morgan fingerprint density at radius 1 is 1.40 bits per heavy atom. The van der Waals surface area contributed by atoms with Crippen molar-refractivity contribution in [2.24, 2.45) is 0 Å². The highest BCUT2D eigenvalue weighted by molar-refractivity contribution is 5.79. The molecule has 0 saturated heterocycles. The third-order valence-electron chi connectivity index (χ3n) is 2.03. The number of amides is 1. The van der Waals surface area contributed by atoms with E-state index in [-0.39, 0.29) is 11.7 Å². The van der Waals surface area contributed by atoms with Gasteiger partial charge in [0.25, 0.3) is 0 Å². The maximum atomic E-state index is 11.0. The number of phenolic OH excluding ortho intramolecular Hbond substituents is 1. The molecule has 0 aromatic heterocycles. The molecule has 1 atom stereocenters. The van der Waals surface area contributed by atoms with Crippen LogP contribution in [-0.4, -0.2) is 28.8 Å². The molecule has 0 radical (unpaired) electrons. The number of rotatable bonds is 4. The predicted molar refractivity (Wildman–Crippen MR) is 56.5 cm³/mol. The van der Waals surface area contributed by atoms with Gasteiger partial charge in [-0.05, 0) is 31.0 Å². The molecule has 0 unspecified atom stereocenters. The van der Waals surface area contributed by atoms with Gasteiger partial charge in [-0.25, -0.2) is 0 Å². The Morgan fingerprint density at radius 3 is 2.53 bits per heavy atom. The van der Waals surface area contributed by atoms with E-state index in [9.17, 15) is 4.79 Å². The van der Waals surface area contributed by atoms with Crippen LogP contribution in [0.4, 0.5) is 0 Å². The number of aliphatic hydroxyl groups is 1. The van der Waals surface area contributed by atoms with E-state index >= 15 is 0 Å². The Morgan fingerprint density at radius 2 is 2.00 bits per heavy atom. The monoisotopic (exact) mass is 209 g/mol. The molecule has 15 heavy (non-hydrogen) atoms. The molecule has 82 valence electrons. The number of carbonyl (C=O) groups excluding carboxylic acids is 1. The van der Waals surface area contributed by atoms with E-state index in [0.717, 1.165) is 5.56 Å². The summed E-state index contributed by atoms with van der Waals surface area (Å²) in [4.78, 5) is 11.0. The summed E-state index contributed by atoms with van der Waals surface area (Å²) in [6, 6.07) is 6.80. The molecule has 1 amide bonds. The van der Waals surface area contributed by atoms with E-state index in [1.54, 1.807) is 24.3 Å². The van der Waals surface area contributed by atoms with Crippen LogP contribution in [0.15, 0.2) is 24.3 Å². The lowest BCUT2D eigenvalue weighted by Crippen LogP contribution is -2.33. The molecule has 0 bridgehead atoms. The van der Waals surface area contributed by atoms with Crippen molar-refractivity contribution in [3.63, 3.8) is 0 Å². The van der Waals surface area contributed by atoms with Crippen LogP contribution < -0.4 is 5.32 Å². The van der Waals surface area contributed by atoms with Crippen LogP contribution in [0.25, 0.3) is 0 Å². The Balaban J connectivity index is 2.32. The largest absolute Gasteiger partial charge is 0.508 e. The highest BCUT2D eigenvalue weighted by Gasteiger charge is 2.06. The van der Waals surface area contributed by atoms with Crippen molar-refractivity contribution >= 4 is 5.91 Å². The summed E-state index contributed by atoms with van der Waals surface area (Å²) in [6.45, 7) is 1.91. The first-order valence-electron chi connectivity index (χ1n) is 4.83. The number of carbonyl (C=O) groups is 1. The summed E-state index contributed by atoms with van der Waals surface area (Å²) in [6.07, 6.45) is -0.288. The molecule has 0 saturated carbocycles. The van der Waals surface area contributed by atoms with Gasteiger partial charge in [0.15, 0.2) is 0 Å². The number of nitrogens with one attached hydrogen (secondary N) is 1. The third-order valence-corrected chi connectivity index (χ3v) is 2.03. The predicted octanol–water partition coefficient (Wildman–Crippen LogP) is 0.432. The Bertz CT molecular complexity index is 319. The van der Waals surface area contributed by atoms with Crippen LogP contribution in [0.2, 0.25) is 0 Å². The fourth-order valence-corrected chi connectivity index (χ4v) is 1.14. The van der Waals surface area contributed by atoms with Crippen LogP contribution in [-0.2, 0) is 11.2 Å². The van der Waals surface area contributed by atoms with E-state index in [1.165, 1.54) is 6.92 Å². The van der Waals surface area contributed by atoms with Crippen molar-refractivity contribution in [2.75, 3.05) is 6.54 Å². The molecule has 1 aromatic carbocycles. The average molecular weight is 209 g/mol. The Kier molecular flexibility index (Phi) is 4.12. The van der Waals surface area contributed by atoms with Crippen molar-refractivity contribution in [3.05, 3.63) is 29.8 Å². The molecule has 0 fully saturated rings. The zero-order valence-electron chi connectivity index (χ0n) is 8.60. The highest BCUT2D eigenvalue weighted by atomic mass is 16.3. The Hall–Kier alpha value is -1.55. The van der Waals surface area contributed by atoms with Gasteiger partial charge in [-0.15, -0.1) is 0 Å². The molecule has 3 N–H and O–H groups in total. The first-order chi connectivity index (χ1) is 7.09. The standard InChI is InChI=1S/C11H15NO3/c1-8(13)11(15)12-7-6-9-2-4-10(14)5-3-9/h2-5,8,13-14H,6-7H2,1H3,(H,12,15)/t8-/m1/s1. The summed E-state index contributed by atoms with van der Waals surface area (Å²) in [5.41, 5.74) is 1.03. The van der Waals surface area contributed by atoms with E-state index in [1.807, 2.05) is 0 Å². The minimum atomic E-state index is -0.968. The van der Waals surface area contributed by atoms with Crippen molar-refractivity contribution in [2.45, 2.75) is 19.4 Å². The summed E-state index contributed by atoms with van der Waals surface area (Å²) in [7, 11) is 0. The summed E-state index contributed by atoms with van der Waals surface area (Å²) in [5, 5.41) is 20.5. The van der Waals surface area contributed by atoms with Crippen LogP contribution in [0.3, 0.4) is 0 Å². The van der Waals surface area contributed by atoms with Gasteiger partial charge in [-0.3, -0.25) is 4.79 Å². The van der Waals surface area contributed by atoms with Gasteiger partial charge in [0.05, 0.1) is 0 Å². The lowest BCUT2D eigenvalue weighted by atomic mass is 10.1. The zero-order valence-corrected chi connectivity index (χ0v) is 8.60. The number of phenols is 1. The van der Waals surface area contributed by atoms with Gasteiger partial charge in [-0.2, -0.15) is 0 Å². The topological polar surface area (TPSA) is 69.6 Å². The second-order valence-corrected chi connectivity index (χ2v) is 3.38. The normalized spacial score (nSPS) is 12.1. The third kappa shape index (κ3) is 3.99. The molecular formula is C11H15NO3. The maximum absolute atomic E-state index is 11.0. The van der Waals surface area contributed by atoms with E-state index < -0.39 is 6.10 Å². The summed E-state index contributed by atoms with van der Waals surface area (Å²) < 4.78 is 0. The van der Waals surface area contributed by atoms with Gasteiger partial charge in [0, 0.05) is 6.54 Å². The van der Waals surface area contributed by atoms with Gasteiger partial charge in [0.2, 0.25) is 5.91 Å². The van der Waals surface area contributed by atoms with E-state index in [0.29, 0.717) is 13.0 Å². The number of benzene rings is 1. The van der Waals surface area contributed by atoms with Gasteiger partial charge in [0.1, 0.15) is 11.9 Å². The SMILES string of the molecule is C[C@@H](O)C(=O)NCCc1ccc(O)cc1. The molecule has 0 aliphatic heterocycles. The van der Waals surface area contributed by atoms with E-state index in [4.69, 9.17) is 10.2 Å². The second kappa shape index (κ2) is 5.36. The van der Waals surface area contributed by atoms with Crippen molar-refractivity contribution in [1.82, 2.24) is 5.32 Å². The molecule has 4 nitrogen and oxygen atoms in total. The van der Waals surface area contributed by atoms with Crippen LogP contribution in [0.5, 0.6) is 5.75 Å². The van der Waals surface area contributed by atoms with Crippen molar-refractivity contribution < 1.29 is 15.0 Å². The fraction of sp³-hybridized carbons (Fsp3) is 0.364. The number of hydrogen-bond donors (Lipinski definition) is 3. The van der Waals surface area contributed by atoms with Gasteiger partial charge < -0.3 is 15.5 Å². The average Bonchev–Trinajstić information content (AvgIpc) is 2.20. The molecule has 1 aromatic rings. The number of aliphatic hydroxyl groups excluding tert-OH is 1. The molecule has 0 aliphatic rings. The highest BCUT2D eigenvalue weighted by Crippen LogP contribution is 2.09.